The van der Waals surface area contributed by atoms with Crippen molar-refractivity contribution in [3.8, 4) is 0 Å². The Bertz CT molecular complexity index is 613. The molecular formula is C13H20N2O5S. The average Bonchev–Trinajstić information content (AvgIpc) is 2.35. The summed E-state index contributed by atoms with van der Waals surface area (Å²) in [5.74, 6) is 0.240. The van der Waals surface area contributed by atoms with Crippen LogP contribution in [-0.2, 0) is 10.0 Å². The lowest BCUT2D eigenvalue weighted by Gasteiger charge is -2.15. The van der Waals surface area contributed by atoms with E-state index in [1.165, 1.54) is 25.1 Å². The molecule has 1 unspecified atom stereocenters. The summed E-state index contributed by atoms with van der Waals surface area (Å²) in [6.45, 7) is 5.10. The lowest BCUT2D eigenvalue weighted by Crippen LogP contribution is -2.33. The fourth-order valence-electron chi connectivity index (χ4n) is 2.00. The SMILES string of the molecule is Cc1c([N+](=O)[O-])cccc1S(=O)(=O)NCC(O)CC(C)C. The molecular weight excluding hydrogens is 296 g/mol. The number of aliphatic hydroxyl groups excluding tert-OH is 1. The van der Waals surface area contributed by atoms with Crippen molar-refractivity contribution in [1.29, 1.82) is 0 Å². The van der Waals surface area contributed by atoms with Crippen LogP contribution >= 0.6 is 0 Å². The number of aliphatic hydroxyl groups is 1. The maximum absolute atomic E-state index is 12.2. The third-order valence-corrected chi connectivity index (χ3v) is 4.56. The molecule has 0 radical (unpaired) electrons. The second-order valence-corrected chi connectivity index (χ2v) is 7.03. The van der Waals surface area contributed by atoms with Gasteiger partial charge in [-0.05, 0) is 25.3 Å². The summed E-state index contributed by atoms with van der Waals surface area (Å²) in [6, 6.07) is 3.88. The van der Waals surface area contributed by atoms with Gasteiger partial charge in [0.1, 0.15) is 0 Å². The second-order valence-electron chi connectivity index (χ2n) is 5.29. The molecule has 8 heteroatoms. The maximum atomic E-state index is 12.2. The topological polar surface area (TPSA) is 110 Å². The van der Waals surface area contributed by atoms with Gasteiger partial charge < -0.3 is 5.11 Å². The van der Waals surface area contributed by atoms with E-state index < -0.39 is 21.1 Å². The van der Waals surface area contributed by atoms with Gasteiger partial charge in [-0.1, -0.05) is 19.9 Å². The number of rotatable bonds is 7. The lowest BCUT2D eigenvalue weighted by molar-refractivity contribution is -0.385. The van der Waals surface area contributed by atoms with Crippen LogP contribution in [0.2, 0.25) is 0 Å². The summed E-state index contributed by atoms with van der Waals surface area (Å²) in [7, 11) is -3.89. The number of sulfonamides is 1. The Labute approximate surface area is 124 Å². The Morgan fingerprint density at radius 1 is 1.38 bits per heavy atom. The molecule has 0 fully saturated rings. The number of nitrogens with zero attached hydrogens (tertiary/aromatic N) is 1. The monoisotopic (exact) mass is 316 g/mol. The van der Waals surface area contributed by atoms with Crippen LogP contribution in [0.4, 0.5) is 5.69 Å². The molecule has 1 aromatic rings. The Hall–Kier alpha value is -1.51. The van der Waals surface area contributed by atoms with Gasteiger partial charge in [-0.3, -0.25) is 10.1 Å². The predicted molar refractivity (Wildman–Crippen MR) is 78.5 cm³/mol. The summed E-state index contributed by atoms with van der Waals surface area (Å²) in [5.41, 5.74) is -0.172. The maximum Gasteiger partial charge on any atom is 0.273 e. The van der Waals surface area contributed by atoms with Crippen LogP contribution in [0.1, 0.15) is 25.8 Å². The van der Waals surface area contributed by atoms with Crippen LogP contribution in [0, 0.1) is 23.0 Å². The first-order chi connectivity index (χ1) is 9.65. The molecule has 0 amide bonds. The minimum absolute atomic E-state index is 0.0772. The van der Waals surface area contributed by atoms with E-state index in [0.29, 0.717) is 6.42 Å². The van der Waals surface area contributed by atoms with Gasteiger partial charge in [0.15, 0.2) is 0 Å². The van der Waals surface area contributed by atoms with Gasteiger partial charge in [0.2, 0.25) is 10.0 Å². The Balaban J connectivity index is 2.94. The number of nitro groups is 1. The summed E-state index contributed by atoms with van der Waals surface area (Å²) in [5, 5.41) is 20.5. The molecule has 0 heterocycles. The van der Waals surface area contributed by atoms with E-state index in [1.54, 1.807) is 0 Å². The van der Waals surface area contributed by atoms with Crippen molar-refractivity contribution in [2.24, 2.45) is 5.92 Å². The molecule has 0 bridgehead atoms. The second kappa shape index (κ2) is 6.97. The highest BCUT2D eigenvalue weighted by Crippen LogP contribution is 2.24. The van der Waals surface area contributed by atoms with Crippen molar-refractivity contribution in [3.63, 3.8) is 0 Å². The molecule has 0 aliphatic carbocycles. The minimum atomic E-state index is -3.89. The summed E-state index contributed by atoms with van der Waals surface area (Å²) in [4.78, 5) is 10.1. The molecule has 0 saturated carbocycles. The zero-order valence-electron chi connectivity index (χ0n) is 12.2. The zero-order chi connectivity index (χ0) is 16.2. The molecule has 1 rings (SSSR count). The Morgan fingerprint density at radius 2 is 2.00 bits per heavy atom. The Morgan fingerprint density at radius 3 is 2.52 bits per heavy atom. The number of hydrogen-bond donors (Lipinski definition) is 2. The van der Waals surface area contributed by atoms with Crippen molar-refractivity contribution in [3.05, 3.63) is 33.9 Å². The Kier molecular flexibility index (Phi) is 5.82. The molecule has 0 aliphatic rings. The van der Waals surface area contributed by atoms with Crippen LogP contribution in [-0.4, -0.2) is 31.1 Å². The van der Waals surface area contributed by atoms with Gasteiger partial charge in [-0.2, -0.15) is 0 Å². The molecule has 1 atom stereocenters. The molecule has 0 aliphatic heterocycles. The number of hydrogen-bond acceptors (Lipinski definition) is 5. The van der Waals surface area contributed by atoms with Crippen molar-refractivity contribution in [1.82, 2.24) is 4.72 Å². The van der Waals surface area contributed by atoms with Crippen LogP contribution in [0.25, 0.3) is 0 Å². The average molecular weight is 316 g/mol. The molecule has 21 heavy (non-hydrogen) atoms. The van der Waals surface area contributed by atoms with Gasteiger partial charge in [0, 0.05) is 18.2 Å². The van der Waals surface area contributed by atoms with Crippen molar-refractivity contribution >= 4 is 15.7 Å². The molecule has 7 nitrogen and oxygen atoms in total. The van der Waals surface area contributed by atoms with Crippen molar-refractivity contribution in [2.45, 2.75) is 38.2 Å². The van der Waals surface area contributed by atoms with E-state index >= 15 is 0 Å². The normalized spacial score (nSPS) is 13.4. The molecule has 0 aromatic heterocycles. The van der Waals surface area contributed by atoms with Crippen molar-refractivity contribution < 1.29 is 18.4 Å². The van der Waals surface area contributed by atoms with E-state index in [1.807, 2.05) is 13.8 Å². The quantitative estimate of drug-likeness (QED) is 0.586. The predicted octanol–water partition coefficient (Wildman–Crippen LogP) is 1.59. The zero-order valence-corrected chi connectivity index (χ0v) is 13.1. The molecule has 0 saturated heterocycles. The van der Waals surface area contributed by atoms with Crippen LogP contribution in [0.15, 0.2) is 23.1 Å². The van der Waals surface area contributed by atoms with Gasteiger partial charge in [-0.25, -0.2) is 13.1 Å². The first-order valence-electron chi connectivity index (χ1n) is 6.57. The van der Waals surface area contributed by atoms with E-state index in [2.05, 4.69) is 4.72 Å². The third-order valence-electron chi connectivity index (χ3n) is 2.99. The van der Waals surface area contributed by atoms with E-state index in [-0.39, 0.29) is 28.6 Å². The molecule has 1 aromatic carbocycles. The fourth-order valence-corrected chi connectivity index (χ4v) is 3.34. The summed E-state index contributed by atoms with van der Waals surface area (Å²) in [6.07, 6.45) is -0.324. The minimum Gasteiger partial charge on any atom is -0.392 e. The summed E-state index contributed by atoms with van der Waals surface area (Å²) < 4.78 is 26.6. The standard InChI is InChI=1S/C13H20N2O5S/c1-9(2)7-11(16)8-14-21(19,20)13-6-4-5-12(10(13)3)15(17)18/h4-6,9,11,14,16H,7-8H2,1-3H3. The fraction of sp³-hybridized carbons (Fsp3) is 0.538. The molecule has 118 valence electrons. The summed E-state index contributed by atoms with van der Waals surface area (Å²) >= 11 is 0. The number of nitro benzene ring substituents is 1. The van der Waals surface area contributed by atoms with Crippen molar-refractivity contribution in [2.75, 3.05) is 6.54 Å². The third kappa shape index (κ3) is 4.76. The van der Waals surface area contributed by atoms with E-state index in [0.717, 1.165) is 0 Å². The number of nitrogens with one attached hydrogen (secondary N) is 1. The first kappa shape index (κ1) is 17.5. The van der Waals surface area contributed by atoms with Crippen LogP contribution in [0.5, 0.6) is 0 Å². The van der Waals surface area contributed by atoms with Gasteiger partial charge in [-0.15, -0.1) is 0 Å². The van der Waals surface area contributed by atoms with Gasteiger partial charge >= 0.3 is 0 Å². The molecule has 0 spiro atoms. The first-order valence-corrected chi connectivity index (χ1v) is 8.05. The van der Waals surface area contributed by atoms with Gasteiger partial charge in [0.25, 0.3) is 5.69 Å². The highest BCUT2D eigenvalue weighted by atomic mass is 32.2. The van der Waals surface area contributed by atoms with E-state index in [4.69, 9.17) is 0 Å². The highest BCUT2D eigenvalue weighted by Gasteiger charge is 2.23. The van der Waals surface area contributed by atoms with E-state index in [9.17, 15) is 23.6 Å². The lowest BCUT2D eigenvalue weighted by atomic mass is 10.1. The number of benzene rings is 1. The molecule has 2 N–H and O–H groups in total. The van der Waals surface area contributed by atoms with Crippen LogP contribution in [0.3, 0.4) is 0 Å². The highest BCUT2D eigenvalue weighted by molar-refractivity contribution is 7.89. The largest absolute Gasteiger partial charge is 0.392 e. The van der Waals surface area contributed by atoms with Crippen LogP contribution < -0.4 is 4.72 Å². The van der Waals surface area contributed by atoms with Gasteiger partial charge in [0.05, 0.1) is 15.9 Å². The smallest absolute Gasteiger partial charge is 0.273 e.